The second-order valence-corrected chi connectivity index (χ2v) is 10.4. The molecule has 1 N–H and O–H groups in total. The summed E-state index contributed by atoms with van der Waals surface area (Å²) >= 11 is 18.8. The topological polar surface area (TPSA) is 87.2 Å². The van der Waals surface area contributed by atoms with Crippen LogP contribution < -0.4 is 4.74 Å². The molecule has 2 aromatic rings. The van der Waals surface area contributed by atoms with E-state index in [2.05, 4.69) is 4.90 Å². The molecular formula is C26H27Cl3N2O5. The van der Waals surface area contributed by atoms with Crippen LogP contribution in [0.2, 0.25) is 15.1 Å². The van der Waals surface area contributed by atoms with Gasteiger partial charge in [0.2, 0.25) is 11.8 Å². The molecule has 1 atom stereocenters. The van der Waals surface area contributed by atoms with E-state index in [1.165, 1.54) is 4.90 Å². The number of rotatable bonds is 12. The number of carboxylic acid groups (broad SMARTS) is 1. The Bertz CT molecular complexity index is 1140. The van der Waals surface area contributed by atoms with Gasteiger partial charge >= 0.3 is 5.97 Å². The Labute approximate surface area is 224 Å². The Morgan fingerprint density at radius 1 is 1.03 bits per heavy atom. The van der Waals surface area contributed by atoms with Crippen LogP contribution in [0.15, 0.2) is 36.4 Å². The van der Waals surface area contributed by atoms with Crippen LogP contribution in [0.3, 0.4) is 0 Å². The first-order valence-corrected chi connectivity index (χ1v) is 13.0. The predicted molar refractivity (Wildman–Crippen MR) is 137 cm³/mol. The number of imide groups is 1. The predicted octanol–water partition coefficient (Wildman–Crippen LogP) is 5.60. The van der Waals surface area contributed by atoms with Crippen molar-refractivity contribution < 1.29 is 24.2 Å². The summed E-state index contributed by atoms with van der Waals surface area (Å²) in [6, 6.07) is 10.3. The quantitative estimate of drug-likeness (QED) is 0.344. The summed E-state index contributed by atoms with van der Waals surface area (Å²) < 4.78 is 5.73. The van der Waals surface area contributed by atoms with Crippen LogP contribution in [0.5, 0.6) is 5.75 Å². The maximum absolute atomic E-state index is 11.8. The first-order chi connectivity index (χ1) is 17.2. The summed E-state index contributed by atoms with van der Waals surface area (Å²) in [5.41, 5.74) is 1.71. The molecule has 0 bridgehead atoms. The third-order valence-electron chi connectivity index (χ3n) is 6.44. The van der Waals surface area contributed by atoms with Crippen LogP contribution in [0.4, 0.5) is 0 Å². The van der Waals surface area contributed by atoms with Gasteiger partial charge in [0, 0.05) is 32.0 Å². The van der Waals surface area contributed by atoms with E-state index in [-0.39, 0.29) is 50.3 Å². The number of carbonyl (C=O) groups is 3. The van der Waals surface area contributed by atoms with Gasteiger partial charge in [-0.15, -0.1) is 0 Å². The summed E-state index contributed by atoms with van der Waals surface area (Å²) in [4.78, 5) is 38.6. The zero-order valence-electron chi connectivity index (χ0n) is 19.6. The van der Waals surface area contributed by atoms with Gasteiger partial charge in [-0.05, 0) is 54.2 Å². The molecule has 1 heterocycles. The molecule has 2 aromatic carbocycles. The molecule has 1 saturated carbocycles. The third-order valence-corrected chi connectivity index (χ3v) is 7.47. The van der Waals surface area contributed by atoms with Crippen LogP contribution in [0, 0.1) is 5.92 Å². The average Bonchev–Trinajstić information content (AvgIpc) is 3.59. The molecule has 1 saturated heterocycles. The Morgan fingerprint density at radius 2 is 1.75 bits per heavy atom. The van der Waals surface area contributed by atoms with Crippen molar-refractivity contribution in [3.8, 4) is 5.75 Å². The lowest BCUT2D eigenvalue weighted by Gasteiger charge is -2.32. The number of likely N-dealkylation sites (tertiary alicyclic amines) is 1. The minimum atomic E-state index is -0.899. The molecule has 2 fully saturated rings. The van der Waals surface area contributed by atoms with Gasteiger partial charge in [-0.2, -0.15) is 0 Å². The molecule has 7 nitrogen and oxygen atoms in total. The van der Waals surface area contributed by atoms with E-state index < -0.39 is 5.97 Å². The van der Waals surface area contributed by atoms with Crippen molar-refractivity contribution in [3.05, 3.63) is 62.6 Å². The van der Waals surface area contributed by atoms with Gasteiger partial charge in [0.25, 0.3) is 0 Å². The Balaban J connectivity index is 1.47. The molecule has 2 aliphatic rings. The van der Waals surface area contributed by atoms with E-state index in [1.807, 2.05) is 12.1 Å². The van der Waals surface area contributed by atoms with Gasteiger partial charge in [0.1, 0.15) is 12.4 Å². The molecule has 1 aliphatic heterocycles. The van der Waals surface area contributed by atoms with Crippen molar-refractivity contribution in [2.75, 3.05) is 19.7 Å². The fourth-order valence-corrected chi connectivity index (χ4v) is 4.95. The van der Waals surface area contributed by atoms with E-state index in [1.54, 1.807) is 24.3 Å². The first kappa shape index (κ1) is 26.7. The molecule has 36 heavy (non-hydrogen) atoms. The summed E-state index contributed by atoms with van der Waals surface area (Å²) in [5.74, 6) is -0.279. The van der Waals surface area contributed by atoms with Crippen molar-refractivity contribution in [2.45, 2.75) is 44.7 Å². The Morgan fingerprint density at radius 3 is 2.36 bits per heavy atom. The van der Waals surface area contributed by atoms with E-state index in [0.29, 0.717) is 33.3 Å². The molecule has 1 aliphatic carbocycles. The van der Waals surface area contributed by atoms with Crippen LogP contribution in [-0.2, 0) is 20.9 Å². The third kappa shape index (κ3) is 6.91. The van der Waals surface area contributed by atoms with Crippen molar-refractivity contribution in [1.82, 2.24) is 9.80 Å². The average molecular weight is 554 g/mol. The van der Waals surface area contributed by atoms with Crippen LogP contribution in [-0.4, -0.2) is 52.4 Å². The largest absolute Gasteiger partial charge is 0.490 e. The Hall–Kier alpha value is -2.32. The molecule has 10 heteroatoms. The van der Waals surface area contributed by atoms with E-state index in [4.69, 9.17) is 39.5 Å². The second kappa shape index (κ2) is 11.8. The second-order valence-electron chi connectivity index (χ2n) is 9.21. The van der Waals surface area contributed by atoms with E-state index >= 15 is 0 Å². The van der Waals surface area contributed by atoms with Gasteiger partial charge in [0.15, 0.2) is 0 Å². The molecule has 1 unspecified atom stereocenters. The van der Waals surface area contributed by atoms with Crippen molar-refractivity contribution in [2.24, 2.45) is 5.92 Å². The van der Waals surface area contributed by atoms with Gasteiger partial charge in [-0.3, -0.25) is 24.2 Å². The highest BCUT2D eigenvalue weighted by Crippen LogP contribution is 2.37. The normalized spacial score (nSPS) is 16.6. The fraction of sp³-hybridized carbons (Fsp3) is 0.423. The number of halogens is 3. The number of amides is 2. The number of ether oxygens (including phenoxy) is 1. The molecule has 0 radical (unpaired) electrons. The highest BCUT2D eigenvalue weighted by Gasteiger charge is 2.31. The number of hydrogen-bond donors (Lipinski definition) is 1. The molecule has 2 amide bonds. The first-order valence-electron chi connectivity index (χ1n) is 11.9. The monoisotopic (exact) mass is 552 g/mol. The highest BCUT2D eigenvalue weighted by atomic mass is 35.5. The van der Waals surface area contributed by atoms with Gasteiger partial charge in [-0.1, -0.05) is 46.9 Å². The standard InChI is InChI=1S/C26H27Cl3N2O5/c27-19-5-4-18(12-20(19)28)22(13-26(34)35)30(14-16-1-2-16)15-17-3-6-23(21(29)11-17)36-10-9-31-24(32)7-8-25(31)33/h3-6,11-12,16,22H,1-2,7-10,13-15H2,(H,34,35). The number of nitrogens with zero attached hydrogens (tertiary/aromatic N) is 2. The molecule has 192 valence electrons. The molecule has 0 aromatic heterocycles. The zero-order chi connectivity index (χ0) is 25.8. The minimum absolute atomic E-state index is 0.0758. The molecule has 4 rings (SSSR count). The minimum Gasteiger partial charge on any atom is -0.490 e. The van der Waals surface area contributed by atoms with Gasteiger partial charge < -0.3 is 9.84 Å². The number of benzene rings is 2. The maximum atomic E-state index is 11.8. The van der Waals surface area contributed by atoms with E-state index in [0.717, 1.165) is 30.5 Å². The fourth-order valence-electron chi connectivity index (χ4n) is 4.39. The van der Waals surface area contributed by atoms with Gasteiger partial charge in [0.05, 0.1) is 28.0 Å². The van der Waals surface area contributed by atoms with Crippen LogP contribution in [0.1, 0.15) is 49.3 Å². The lowest BCUT2D eigenvalue weighted by atomic mass is 10.0. The lowest BCUT2D eigenvalue weighted by Crippen LogP contribution is -2.33. The van der Waals surface area contributed by atoms with Gasteiger partial charge in [-0.25, -0.2) is 0 Å². The van der Waals surface area contributed by atoms with Crippen molar-refractivity contribution >= 4 is 52.6 Å². The number of carboxylic acids is 1. The zero-order valence-corrected chi connectivity index (χ0v) is 21.9. The number of aliphatic carboxylic acids is 1. The Kier molecular flexibility index (Phi) is 8.78. The van der Waals surface area contributed by atoms with Crippen LogP contribution in [0.25, 0.3) is 0 Å². The summed E-state index contributed by atoms with van der Waals surface area (Å²) in [5, 5.41) is 10.9. The summed E-state index contributed by atoms with van der Waals surface area (Å²) in [6.07, 6.45) is 2.65. The van der Waals surface area contributed by atoms with Crippen molar-refractivity contribution in [1.29, 1.82) is 0 Å². The van der Waals surface area contributed by atoms with Crippen LogP contribution >= 0.6 is 34.8 Å². The lowest BCUT2D eigenvalue weighted by molar-refractivity contribution is -0.140. The highest BCUT2D eigenvalue weighted by molar-refractivity contribution is 6.42. The summed E-state index contributed by atoms with van der Waals surface area (Å²) in [6.45, 7) is 1.59. The van der Waals surface area contributed by atoms with Crippen molar-refractivity contribution in [3.63, 3.8) is 0 Å². The molecule has 0 spiro atoms. The SMILES string of the molecule is O=C(O)CC(c1ccc(Cl)c(Cl)c1)N(Cc1ccc(OCCN2C(=O)CCC2=O)c(Cl)c1)CC1CC1. The number of hydrogen-bond acceptors (Lipinski definition) is 5. The molecular weight excluding hydrogens is 527 g/mol. The summed E-state index contributed by atoms with van der Waals surface area (Å²) in [7, 11) is 0. The maximum Gasteiger partial charge on any atom is 0.305 e. The number of carbonyl (C=O) groups excluding carboxylic acids is 2. The van der Waals surface area contributed by atoms with E-state index in [9.17, 15) is 19.5 Å². The smallest absolute Gasteiger partial charge is 0.305 e.